The first-order valence-electron chi connectivity index (χ1n) is 7.52. The lowest BCUT2D eigenvalue weighted by Gasteiger charge is -2.29. The van der Waals surface area contributed by atoms with Crippen LogP contribution in [-0.2, 0) is 16.1 Å². The van der Waals surface area contributed by atoms with Crippen molar-refractivity contribution >= 4 is 17.2 Å². The number of nitrogens with one attached hydrogen (secondary N) is 1. The highest BCUT2D eigenvalue weighted by Crippen LogP contribution is 2.26. The Kier molecular flexibility index (Phi) is 4.42. The van der Waals surface area contributed by atoms with E-state index in [4.69, 9.17) is 4.74 Å². The maximum absolute atomic E-state index is 12.5. The minimum Gasteiger partial charge on any atom is -0.376 e. The Hall–Kier alpha value is -1.17. The fraction of sp³-hybridized carbons (Fsp3) is 0.562. The van der Waals surface area contributed by atoms with E-state index in [9.17, 15) is 4.79 Å². The molecule has 3 rings (SSSR count). The lowest BCUT2D eigenvalue weighted by molar-refractivity contribution is -0.129. The van der Waals surface area contributed by atoms with E-state index < -0.39 is 0 Å². The quantitative estimate of drug-likeness (QED) is 0.909. The van der Waals surface area contributed by atoms with Gasteiger partial charge >= 0.3 is 0 Å². The van der Waals surface area contributed by atoms with Gasteiger partial charge < -0.3 is 9.64 Å². The Morgan fingerprint density at radius 2 is 2.33 bits per heavy atom. The molecule has 2 atom stereocenters. The maximum Gasteiger partial charge on any atom is 0.251 e. The molecule has 114 valence electrons. The summed E-state index contributed by atoms with van der Waals surface area (Å²) in [7, 11) is 0. The van der Waals surface area contributed by atoms with Gasteiger partial charge in [-0.15, -0.1) is 11.3 Å². The zero-order valence-corrected chi connectivity index (χ0v) is 13.4. The van der Waals surface area contributed by atoms with Crippen molar-refractivity contribution < 1.29 is 9.53 Å². The van der Waals surface area contributed by atoms with Gasteiger partial charge in [0.15, 0.2) is 0 Å². The molecule has 1 N–H and O–H groups in total. The minimum absolute atomic E-state index is 0.00352. The number of carbonyl (C=O) groups excluding carboxylic acids is 1. The molecule has 1 amide bonds. The molecule has 0 radical (unpaired) electrons. The predicted molar refractivity (Wildman–Crippen MR) is 84.0 cm³/mol. The fourth-order valence-electron chi connectivity index (χ4n) is 3.01. The molecule has 2 aliphatic rings. The molecule has 1 aromatic heterocycles. The first-order chi connectivity index (χ1) is 10.2. The highest BCUT2D eigenvalue weighted by molar-refractivity contribution is 7.09. The molecule has 0 unspecified atom stereocenters. The Bertz CT molecular complexity index is 532. The van der Waals surface area contributed by atoms with Crippen LogP contribution >= 0.6 is 11.3 Å². The summed E-state index contributed by atoms with van der Waals surface area (Å²) in [5.41, 5.74) is 2.01. The summed E-state index contributed by atoms with van der Waals surface area (Å²) in [6.07, 6.45) is 2.35. The van der Waals surface area contributed by atoms with Crippen LogP contribution in [-0.4, -0.2) is 36.2 Å². The van der Waals surface area contributed by atoms with Crippen LogP contribution in [0.4, 0.5) is 0 Å². The standard InChI is InChI=1S/C16H22N2O2S/c1-11-12(2)16(19)18(10-13-5-3-7-20-13)15(11)17-9-14-6-4-8-21-14/h4,6,8,13,15,17H,3,5,7,9-10H2,1-2H3/t13-,15+/m1/s1. The third kappa shape index (κ3) is 3.05. The van der Waals surface area contributed by atoms with Crippen molar-refractivity contribution in [3.63, 3.8) is 0 Å². The van der Waals surface area contributed by atoms with Crippen molar-refractivity contribution in [2.45, 2.75) is 45.5 Å². The largest absolute Gasteiger partial charge is 0.376 e. The molecule has 0 bridgehead atoms. The normalized spacial score (nSPS) is 26.2. The SMILES string of the molecule is CC1=C(C)[C@@H](NCc2cccs2)N(C[C@H]2CCCO2)C1=O. The van der Waals surface area contributed by atoms with Gasteiger partial charge in [-0.25, -0.2) is 0 Å². The molecule has 1 fully saturated rings. The van der Waals surface area contributed by atoms with Gasteiger partial charge in [-0.05, 0) is 43.7 Å². The molecule has 0 spiro atoms. The molecule has 5 heteroatoms. The Morgan fingerprint density at radius 1 is 1.48 bits per heavy atom. The first-order valence-corrected chi connectivity index (χ1v) is 8.40. The van der Waals surface area contributed by atoms with E-state index >= 15 is 0 Å². The van der Waals surface area contributed by atoms with Crippen LogP contribution in [0, 0.1) is 0 Å². The van der Waals surface area contributed by atoms with Crippen LogP contribution < -0.4 is 5.32 Å². The smallest absolute Gasteiger partial charge is 0.251 e. The molecule has 1 aromatic rings. The minimum atomic E-state index is 0.00352. The molecule has 3 heterocycles. The zero-order chi connectivity index (χ0) is 14.8. The van der Waals surface area contributed by atoms with Crippen molar-refractivity contribution in [3.8, 4) is 0 Å². The maximum atomic E-state index is 12.5. The summed E-state index contributed by atoms with van der Waals surface area (Å²) in [5.74, 6) is 0.145. The van der Waals surface area contributed by atoms with Crippen molar-refractivity contribution in [1.29, 1.82) is 0 Å². The van der Waals surface area contributed by atoms with Gasteiger partial charge in [0.1, 0.15) is 6.17 Å². The molecule has 0 aromatic carbocycles. The van der Waals surface area contributed by atoms with Crippen molar-refractivity contribution in [1.82, 2.24) is 10.2 Å². The highest BCUT2D eigenvalue weighted by atomic mass is 32.1. The Balaban J connectivity index is 1.68. The second-order valence-electron chi connectivity index (χ2n) is 5.76. The Labute approximate surface area is 129 Å². The molecule has 0 aliphatic carbocycles. The van der Waals surface area contributed by atoms with Crippen molar-refractivity contribution in [3.05, 3.63) is 33.5 Å². The van der Waals surface area contributed by atoms with E-state index in [0.29, 0.717) is 6.54 Å². The molecule has 21 heavy (non-hydrogen) atoms. The topological polar surface area (TPSA) is 41.6 Å². The van der Waals surface area contributed by atoms with E-state index in [-0.39, 0.29) is 18.2 Å². The lowest BCUT2D eigenvalue weighted by Crippen LogP contribution is -2.47. The molecule has 2 aliphatic heterocycles. The van der Waals surface area contributed by atoms with E-state index in [1.165, 1.54) is 4.88 Å². The fourth-order valence-corrected chi connectivity index (χ4v) is 3.67. The van der Waals surface area contributed by atoms with Crippen molar-refractivity contribution in [2.24, 2.45) is 0 Å². The number of hydrogen-bond acceptors (Lipinski definition) is 4. The summed E-state index contributed by atoms with van der Waals surface area (Å²) >= 11 is 1.74. The first kappa shape index (κ1) is 14.8. The number of carbonyl (C=O) groups is 1. The van der Waals surface area contributed by atoms with E-state index in [2.05, 4.69) is 29.8 Å². The van der Waals surface area contributed by atoms with E-state index in [1.807, 2.05) is 11.8 Å². The summed E-state index contributed by atoms with van der Waals surface area (Å²) in [6.45, 7) is 6.28. The number of ether oxygens (including phenoxy) is 1. The van der Waals surface area contributed by atoms with E-state index in [0.717, 1.165) is 37.1 Å². The van der Waals surface area contributed by atoms with Crippen LogP contribution in [0.5, 0.6) is 0 Å². The van der Waals surface area contributed by atoms with Crippen LogP contribution in [0.15, 0.2) is 28.7 Å². The average molecular weight is 306 g/mol. The van der Waals surface area contributed by atoms with Crippen molar-refractivity contribution in [2.75, 3.05) is 13.2 Å². The van der Waals surface area contributed by atoms with Crippen LogP contribution in [0.1, 0.15) is 31.6 Å². The number of thiophene rings is 1. The summed E-state index contributed by atoms with van der Waals surface area (Å²) in [5, 5.41) is 5.60. The number of rotatable bonds is 5. The van der Waals surface area contributed by atoms with Gasteiger partial charge in [-0.1, -0.05) is 6.07 Å². The number of amides is 1. The summed E-state index contributed by atoms with van der Waals surface area (Å²) < 4.78 is 5.69. The summed E-state index contributed by atoms with van der Waals surface area (Å²) in [4.78, 5) is 15.7. The molecular formula is C16H22N2O2S. The third-order valence-corrected chi connectivity index (χ3v) is 5.25. The summed E-state index contributed by atoms with van der Waals surface area (Å²) in [6, 6.07) is 4.17. The monoisotopic (exact) mass is 306 g/mol. The Morgan fingerprint density at radius 3 is 3.00 bits per heavy atom. The zero-order valence-electron chi connectivity index (χ0n) is 12.6. The average Bonchev–Trinajstić information content (AvgIpc) is 3.20. The second-order valence-corrected chi connectivity index (χ2v) is 6.80. The van der Waals surface area contributed by atoms with Gasteiger partial charge in [-0.3, -0.25) is 10.1 Å². The highest BCUT2D eigenvalue weighted by Gasteiger charge is 2.36. The number of nitrogens with zero attached hydrogens (tertiary/aromatic N) is 1. The van der Waals surface area contributed by atoms with Gasteiger partial charge in [0, 0.05) is 30.1 Å². The molecule has 0 saturated carbocycles. The third-order valence-electron chi connectivity index (χ3n) is 4.37. The van der Waals surface area contributed by atoms with Crippen LogP contribution in [0.25, 0.3) is 0 Å². The van der Waals surface area contributed by atoms with Gasteiger partial charge in [0.25, 0.3) is 5.91 Å². The van der Waals surface area contributed by atoms with Gasteiger partial charge in [-0.2, -0.15) is 0 Å². The van der Waals surface area contributed by atoms with E-state index in [1.54, 1.807) is 11.3 Å². The predicted octanol–water partition coefficient (Wildman–Crippen LogP) is 2.52. The van der Waals surface area contributed by atoms with Crippen LogP contribution in [0.3, 0.4) is 0 Å². The molecule has 1 saturated heterocycles. The molecular weight excluding hydrogens is 284 g/mol. The van der Waals surface area contributed by atoms with Gasteiger partial charge in [0.2, 0.25) is 0 Å². The number of hydrogen-bond donors (Lipinski definition) is 1. The lowest BCUT2D eigenvalue weighted by atomic mass is 10.1. The second kappa shape index (κ2) is 6.30. The van der Waals surface area contributed by atoms with Crippen LogP contribution in [0.2, 0.25) is 0 Å². The molecule has 4 nitrogen and oxygen atoms in total. The van der Waals surface area contributed by atoms with Gasteiger partial charge in [0.05, 0.1) is 6.10 Å².